The van der Waals surface area contributed by atoms with Crippen LogP contribution in [-0.4, -0.2) is 86.9 Å². The van der Waals surface area contributed by atoms with Gasteiger partial charge in [0, 0.05) is 55.3 Å². The molecule has 0 N–H and O–H groups in total. The molecule has 0 radical (unpaired) electrons. The number of epoxide rings is 1. The SMILES string of the molecule is CO[SiH](OC)OC.CO[Si](CCCOCC1CO1)(OC)OC.c1cc2ccc1cc2. The molecule has 30 heavy (non-hydrogen) atoms. The van der Waals surface area contributed by atoms with Crippen LogP contribution >= 0.6 is 0 Å². The highest BCUT2D eigenvalue weighted by atomic mass is 28.4. The van der Waals surface area contributed by atoms with Crippen molar-refractivity contribution in [2.45, 2.75) is 18.6 Å². The molecule has 0 aliphatic carbocycles. The lowest BCUT2D eigenvalue weighted by Gasteiger charge is -2.24. The average Bonchev–Trinajstić information content (AvgIpc) is 3.65. The minimum absolute atomic E-state index is 0.333. The van der Waals surface area contributed by atoms with Crippen LogP contribution < -0.4 is 0 Å². The molecule has 3 aromatic rings. The van der Waals surface area contributed by atoms with Crippen LogP contribution in [0.25, 0.3) is 10.8 Å². The number of hydrogen-bond donors (Lipinski definition) is 0. The summed E-state index contributed by atoms with van der Waals surface area (Å²) in [5.41, 5.74) is 0. The lowest BCUT2D eigenvalue weighted by atomic mass is 10.1. The number of benzene rings is 3. The van der Waals surface area contributed by atoms with Gasteiger partial charge in [-0.1, -0.05) is 36.4 Å². The van der Waals surface area contributed by atoms with Crippen molar-refractivity contribution >= 4 is 29.1 Å². The molecule has 1 aliphatic heterocycles. The zero-order chi connectivity index (χ0) is 22.2. The van der Waals surface area contributed by atoms with Crippen molar-refractivity contribution in [1.82, 2.24) is 0 Å². The maximum Gasteiger partial charge on any atom is 0.500 e. The lowest BCUT2D eigenvalue weighted by Crippen LogP contribution is -2.42. The minimum Gasteiger partial charge on any atom is -0.379 e. The largest absolute Gasteiger partial charge is 0.500 e. The average molecular weight is 461 g/mol. The van der Waals surface area contributed by atoms with Crippen molar-refractivity contribution < 1.29 is 36.0 Å². The standard InChI is InChI=1S/C9H20O5Si.C8H6.C3H10O3Si/c1-10-15(11-2,12-3)6-4-5-13-7-9-8-14-9;1-2-8-5-3-7(1)4-6-8;1-4-7(5-2)6-3/h9H,4-8H2,1-3H3;1-6H;7H,1-3H3. The molecule has 0 spiro atoms. The van der Waals surface area contributed by atoms with Crippen LogP contribution in [0.1, 0.15) is 6.42 Å². The molecule has 1 aliphatic rings. The summed E-state index contributed by atoms with van der Waals surface area (Å²) in [4.78, 5) is 0. The van der Waals surface area contributed by atoms with E-state index in [0.29, 0.717) is 19.3 Å². The Labute approximate surface area is 182 Å². The topological polar surface area (TPSA) is 77.1 Å². The molecule has 3 aromatic carbocycles. The Balaban J connectivity index is 0.000000250. The summed E-state index contributed by atoms with van der Waals surface area (Å²) < 4.78 is 40.5. The number of fused-ring (bicyclic) bond motifs is 3. The van der Waals surface area contributed by atoms with E-state index in [2.05, 4.69) is 36.4 Å². The van der Waals surface area contributed by atoms with E-state index in [0.717, 1.165) is 19.1 Å². The second kappa shape index (κ2) is 15.8. The van der Waals surface area contributed by atoms with Crippen LogP contribution in [0.4, 0.5) is 0 Å². The van der Waals surface area contributed by atoms with Gasteiger partial charge in [-0.05, 0) is 17.2 Å². The molecule has 0 amide bonds. The molecule has 2 bridgehead atoms. The van der Waals surface area contributed by atoms with E-state index in [9.17, 15) is 0 Å². The summed E-state index contributed by atoms with van der Waals surface area (Å²) in [6.45, 7) is 2.24. The van der Waals surface area contributed by atoms with Gasteiger partial charge in [-0.25, -0.2) is 0 Å². The van der Waals surface area contributed by atoms with E-state index >= 15 is 0 Å². The van der Waals surface area contributed by atoms with E-state index in [1.165, 1.54) is 10.8 Å². The zero-order valence-electron chi connectivity index (χ0n) is 18.9. The Kier molecular flexibility index (Phi) is 14.3. The molecule has 1 unspecified atom stereocenters. The Morgan fingerprint density at radius 3 is 1.53 bits per heavy atom. The van der Waals surface area contributed by atoms with Gasteiger partial charge in [0.1, 0.15) is 6.10 Å². The van der Waals surface area contributed by atoms with Crippen LogP contribution in [0.15, 0.2) is 36.4 Å². The Morgan fingerprint density at radius 2 is 1.27 bits per heavy atom. The van der Waals surface area contributed by atoms with Crippen molar-refractivity contribution in [3.05, 3.63) is 36.4 Å². The first-order valence-electron chi connectivity index (χ1n) is 9.77. The van der Waals surface area contributed by atoms with Gasteiger partial charge in [0.05, 0.1) is 13.2 Å². The third kappa shape index (κ3) is 10.9. The predicted molar refractivity (Wildman–Crippen MR) is 120 cm³/mol. The van der Waals surface area contributed by atoms with Crippen LogP contribution in [0.5, 0.6) is 0 Å². The molecular formula is C20H36O8Si2. The van der Waals surface area contributed by atoms with Crippen molar-refractivity contribution in [3.8, 4) is 0 Å². The first-order valence-corrected chi connectivity index (χ1v) is 13.1. The molecule has 1 fully saturated rings. The molecule has 4 rings (SSSR count). The maximum absolute atomic E-state index is 5.42. The van der Waals surface area contributed by atoms with Crippen LogP contribution in [0, 0.1) is 0 Å². The fourth-order valence-electron chi connectivity index (χ4n) is 2.53. The first-order chi connectivity index (χ1) is 14.6. The minimum atomic E-state index is -2.39. The molecule has 0 saturated carbocycles. The van der Waals surface area contributed by atoms with Crippen molar-refractivity contribution in [2.24, 2.45) is 0 Å². The third-order valence-corrected chi connectivity index (χ3v) is 8.38. The lowest BCUT2D eigenvalue weighted by molar-refractivity contribution is 0.100. The van der Waals surface area contributed by atoms with Gasteiger partial charge in [-0.3, -0.25) is 0 Å². The van der Waals surface area contributed by atoms with Gasteiger partial charge in [0.15, 0.2) is 0 Å². The Bertz CT molecular complexity index is 544. The predicted octanol–water partition coefficient (Wildman–Crippen LogP) is 2.59. The summed E-state index contributed by atoms with van der Waals surface area (Å²) in [6, 6.07) is 13.5. The summed E-state index contributed by atoms with van der Waals surface area (Å²) >= 11 is 0. The van der Waals surface area contributed by atoms with Gasteiger partial charge in [0.25, 0.3) is 0 Å². The fourth-order valence-corrected chi connectivity index (χ4v) is 4.79. The van der Waals surface area contributed by atoms with Gasteiger partial charge in [-0.15, -0.1) is 0 Å². The smallest absolute Gasteiger partial charge is 0.379 e. The molecule has 8 nitrogen and oxygen atoms in total. The van der Waals surface area contributed by atoms with E-state index in [4.69, 9.17) is 36.0 Å². The van der Waals surface area contributed by atoms with Crippen molar-refractivity contribution in [2.75, 3.05) is 62.5 Å². The number of hydrogen-bond acceptors (Lipinski definition) is 8. The molecule has 10 heteroatoms. The number of rotatable bonds is 12. The monoisotopic (exact) mass is 460 g/mol. The van der Waals surface area contributed by atoms with Gasteiger partial charge >= 0.3 is 18.3 Å². The van der Waals surface area contributed by atoms with Crippen LogP contribution in [0.2, 0.25) is 6.04 Å². The maximum atomic E-state index is 5.42. The highest BCUT2D eigenvalue weighted by molar-refractivity contribution is 6.60. The highest BCUT2D eigenvalue weighted by Gasteiger charge is 2.36. The van der Waals surface area contributed by atoms with Crippen molar-refractivity contribution in [1.29, 1.82) is 0 Å². The summed E-state index contributed by atoms with van der Waals surface area (Å²) in [5.74, 6) is 0. The second-order valence-electron chi connectivity index (χ2n) is 6.42. The molecule has 1 saturated heterocycles. The summed E-state index contributed by atoms with van der Waals surface area (Å²) in [5, 5.41) is 2.61. The third-order valence-electron chi connectivity index (χ3n) is 4.39. The van der Waals surface area contributed by atoms with Gasteiger partial charge in [-0.2, -0.15) is 0 Å². The van der Waals surface area contributed by atoms with E-state index in [-0.39, 0.29) is 0 Å². The van der Waals surface area contributed by atoms with Crippen molar-refractivity contribution in [3.63, 3.8) is 0 Å². The van der Waals surface area contributed by atoms with Gasteiger partial charge in [0.2, 0.25) is 0 Å². The van der Waals surface area contributed by atoms with Crippen LogP contribution in [0.3, 0.4) is 0 Å². The molecular weight excluding hydrogens is 424 g/mol. The quantitative estimate of drug-likeness (QED) is 0.272. The molecule has 1 heterocycles. The zero-order valence-corrected chi connectivity index (χ0v) is 21.1. The van der Waals surface area contributed by atoms with E-state index in [1.807, 2.05) is 0 Å². The highest BCUT2D eigenvalue weighted by Crippen LogP contribution is 2.15. The van der Waals surface area contributed by atoms with Gasteiger partial charge < -0.3 is 36.0 Å². The Hall–Kier alpha value is -0.926. The second-order valence-corrected chi connectivity index (χ2v) is 11.5. The normalized spacial score (nSPS) is 15.5. The summed E-state index contributed by atoms with van der Waals surface area (Å²) in [7, 11) is 5.53. The van der Waals surface area contributed by atoms with Crippen LogP contribution in [-0.2, 0) is 36.0 Å². The summed E-state index contributed by atoms with van der Waals surface area (Å²) in [6.07, 6.45) is 1.22. The first kappa shape index (κ1) is 27.1. The molecule has 172 valence electrons. The number of ether oxygens (including phenoxy) is 2. The molecule has 1 atom stereocenters. The fraction of sp³-hybridized carbons (Fsp3) is 0.600. The Morgan fingerprint density at radius 1 is 0.833 bits per heavy atom. The molecule has 0 aromatic heterocycles. The van der Waals surface area contributed by atoms with E-state index in [1.54, 1.807) is 42.7 Å². The van der Waals surface area contributed by atoms with E-state index < -0.39 is 18.3 Å².